The predicted octanol–water partition coefficient (Wildman–Crippen LogP) is -0.150. The topological polar surface area (TPSA) is 100 Å². The van der Waals surface area contributed by atoms with E-state index in [-0.39, 0.29) is 76.1 Å². The van der Waals surface area contributed by atoms with E-state index in [0.29, 0.717) is 6.54 Å². The summed E-state index contributed by atoms with van der Waals surface area (Å²) in [5.41, 5.74) is 10.3. The van der Waals surface area contributed by atoms with Crippen LogP contribution in [0.25, 0.3) is 0 Å². The maximum absolute atomic E-state index is 6.81. The summed E-state index contributed by atoms with van der Waals surface area (Å²) in [6.45, 7) is 2.76. The van der Waals surface area contributed by atoms with Gasteiger partial charge >= 0.3 is 48.9 Å². The molecular weight excluding hydrogens is 315 g/mol. The molecule has 0 bridgehead atoms. The van der Waals surface area contributed by atoms with E-state index in [4.69, 9.17) is 16.9 Å². The van der Waals surface area contributed by atoms with Crippen molar-refractivity contribution in [1.29, 1.82) is 5.41 Å². The summed E-state index contributed by atoms with van der Waals surface area (Å²) in [4.78, 5) is 3.92. The molecule has 0 aromatic heterocycles. The molecule has 0 aromatic rings. The minimum atomic E-state index is -0.178. The zero-order chi connectivity index (χ0) is 8.69. The summed E-state index contributed by atoms with van der Waals surface area (Å²) in [5.74, 6) is 0.0358. The van der Waals surface area contributed by atoms with Crippen LogP contribution in [0.15, 0.2) is 4.99 Å². The smallest absolute Gasteiger partial charge is 1.00 e. The van der Waals surface area contributed by atoms with Crippen LogP contribution in [0, 0.1) is 5.41 Å². The van der Waals surface area contributed by atoms with E-state index in [1.807, 2.05) is 0 Å². The maximum atomic E-state index is 6.81. The Labute approximate surface area is 128 Å². The summed E-state index contributed by atoms with van der Waals surface area (Å²) < 4.78 is 0. The number of aliphatic imine (C=N–C) groups is 1. The second-order valence-electron chi connectivity index (χ2n) is 2.16. The molecule has 13 heavy (non-hydrogen) atoms. The number of hydrogen-bond acceptors (Lipinski definition) is 2. The summed E-state index contributed by atoms with van der Waals surface area (Å²) in [5, 5.41) is 9.20. The first-order chi connectivity index (χ1) is 5.16. The van der Waals surface area contributed by atoms with Gasteiger partial charge in [-0.3, -0.25) is 15.7 Å². The van der Waals surface area contributed by atoms with Gasteiger partial charge in [-0.1, -0.05) is 13.3 Å². The van der Waals surface area contributed by atoms with Crippen LogP contribution in [0.3, 0.4) is 0 Å². The second-order valence-corrected chi connectivity index (χ2v) is 2.16. The normalized spacial score (nSPS) is 9.46. The molecule has 0 aliphatic rings. The van der Waals surface area contributed by atoms with Gasteiger partial charge in [0, 0.05) is 6.54 Å². The monoisotopic (exact) mass is 333 g/mol. The van der Waals surface area contributed by atoms with Gasteiger partial charge in [0.1, 0.15) is 0 Å². The molecule has 0 unspecified atom stereocenters. The molecule has 6 N–H and O–H groups in total. The average Bonchev–Trinajstić information content (AvgIpc) is 1.86. The van der Waals surface area contributed by atoms with Crippen molar-refractivity contribution in [3.05, 3.63) is 0 Å². The third kappa shape index (κ3) is 15.4. The Hall–Kier alpha value is 0.601. The number of rotatable bonds is 3. The molecule has 0 aliphatic carbocycles. The zero-order valence-electron chi connectivity index (χ0n) is 9.84. The van der Waals surface area contributed by atoms with Crippen molar-refractivity contribution in [3.8, 4) is 0 Å². The van der Waals surface area contributed by atoms with E-state index >= 15 is 0 Å². The van der Waals surface area contributed by atoms with Gasteiger partial charge in [0.2, 0.25) is 0 Å². The van der Waals surface area contributed by atoms with Gasteiger partial charge in [-0.25, -0.2) is 0 Å². The van der Waals surface area contributed by atoms with Crippen molar-refractivity contribution < 1.29 is 2.85 Å². The number of hydrogen-bond donors (Lipinski definition) is 4. The van der Waals surface area contributed by atoms with Crippen molar-refractivity contribution in [3.63, 3.8) is 0 Å². The Kier molecular flexibility index (Phi) is 18.6. The van der Waals surface area contributed by atoms with Gasteiger partial charge < -0.3 is 14.3 Å². The summed E-state index contributed by atoms with van der Waals surface area (Å²) >= 11 is 0. The molecule has 0 aliphatic heterocycles. The predicted molar refractivity (Wildman–Crippen MR) is 61.7 cm³/mol. The quantitative estimate of drug-likeness (QED) is 0.250. The van der Waals surface area contributed by atoms with Crippen LogP contribution in [-0.2, 0) is 0 Å². The molecule has 0 amide bonds. The van der Waals surface area contributed by atoms with Crippen LogP contribution in [0.5, 0.6) is 0 Å². The molecule has 0 saturated heterocycles. The molecular formula is C6H18BaClN5. The Bertz CT molecular complexity index is 170. The van der Waals surface area contributed by atoms with Crippen LogP contribution in [0.4, 0.5) is 0 Å². The molecule has 76 valence electrons. The van der Waals surface area contributed by atoms with Crippen LogP contribution in [0.1, 0.15) is 22.6 Å². The van der Waals surface area contributed by atoms with E-state index in [1.165, 1.54) is 0 Å². The standard InChI is InChI=1S/C6H15N5.Ba.ClH.2H/c1-2-3-4-10-6(9)11-5(7)8;;;;/h2-4H2,1H3,(H6,7,8,9,10,11);;1H;;/q;+2;;2*-1. The minimum absolute atomic E-state index is 0. The van der Waals surface area contributed by atoms with E-state index in [9.17, 15) is 0 Å². The van der Waals surface area contributed by atoms with Gasteiger partial charge in [0.15, 0.2) is 11.9 Å². The Morgan fingerprint density at radius 3 is 2.46 bits per heavy atom. The summed E-state index contributed by atoms with van der Waals surface area (Å²) in [6.07, 6.45) is 2.08. The molecule has 0 aromatic carbocycles. The molecule has 0 spiro atoms. The molecule has 0 rings (SSSR count). The second kappa shape index (κ2) is 12.6. The van der Waals surface area contributed by atoms with Crippen molar-refractivity contribution in [2.75, 3.05) is 6.54 Å². The molecule has 0 atom stereocenters. The maximum Gasteiger partial charge on any atom is 2.00 e. The molecule has 5 nitrogen and oxygen atoms in total. The molecule has 0 saturated carbocycles. The first kappa shape index (κ1) is 19.2. The van der Waals surface area contributed by atoms with Gasteiger partial charge in [0.05, 0.1) is 0 Å². The van der Waals surface area contributed by atoms with Crippen LogP contribution in [-0.4, -0.2) is 67.3 Å². The van der Waals surface area contributed by atoms with Crippen molar-refractivity contribution in [2.24, 2.45) is 16.5 Å². The largest absolute Gasteiger partial charge is 2.00 e. The van der Waals surface area contributed by atoms with Gasteiger partial charge in [0.25, 0.3) is 0 Å². The average molecular weight is 333 g/mol. The summed E-state index contributed by atoms with van der Waals surface area (Å²) in [6, 6.07) is 0. The Morgan fingerprint density at radius 2 is 2.08 bits per heavy atom. The van der Waals surface area contributed by atoms with Crippen LogP contribution >= 0.6 is 12.4 Å². The fraction of sp³-hybridized carbons (Fsp3) is 0.667. The Balaban J connectivity index is -0.0000000833. The van der Waals surface area contributed by atoms with E-state index in [2.05, 4.69) is 17.2 Å². The van der Waals surface area contributed by atoms with Gasteiger partial charge in [-0.05, 0) is 6.42 Å². The molecule has 7 heteroatoms. The van der Waals surface area contributed by atoms with Crippen molar-refractivity contribution in [2.45, 2.75) is 19.8 Å². The minimum Gasteiger partial charge on any atom is -1.00 e. The SMILES string of the molecule is CCCCN=C(N)NC(=N)N.Cl.[Ba+2].[H-].[H-]. The number of halogens is 1. The van der Waals surface area contributed by atoms with E-state index in [1.54, 1.807) is 0 Å². The van der Waals surface area contributed by atoms with E-state index in [0.717, 1.165) is 12.8 Å². The number of nitrogens with zero attached hydrogens (tertiary/aromatic N) is 1. The van der Waals surface area contributed by atoms with Gasteiger partial charge in [-0.15, -0.1) is 12.4 Å². The Morgan fingerprint density at radius 1 is 1.54 bits per heavy atom. The van der Waals surface area contributed by atoms with Crippen LogP contribution in [0.2, 0.25) is 0 Å². The first-order valence-corrected chi connectivity index (χ1v) is 3.57. The van der Waals surface area contributed by atoms with Crippen molar-refractivity contribution >= 4 is 73.2 Å². The third-order valence-corrected chi connectivity index (χ3v) is 1.06. The number of guanidine groups is 2. The third-order valence-electron chi connectivity index (χ3n) is 1.06. The van der Waals surface area contributed by atoms with E-state index < -0.39 is 0 Å². The first-order valence-electron chi connectivity index (χ1n) is 3.57. The molecule has 0 radical (unpaired) electrons. The molecule has 0 fully saturated rings. The summed E-state index contributed by atoms with van der Waals surface area (Å²) in [7, 11) is 0. The number of nitrogens with one attached hydrogen (secondary N) is 2. The van der Waals surface area contributed by atoms with Crippen molar-refractivity contribution in [1.82, 2.24) is 5.32 Å². The van der Waals surface area contributed by atoms with Gasteiger partial charge in [-0.2, -0.15) is 0 Å². The fourth-order valence-corrected chi connectivity index (χ4v) is 0.535. The fourth-order valence-electron chi connectivity index (χ4n) is 0.535. The number of nitrogens with two attached hydrogens (primary N) is 2. The van der Waals surface area contributed by atoms with Crippen LogP contribution < -0.4 is 16.8 Å². The zero-order valence-corrected chi connectivity index (χ0v) is 13.1. The number of unbranched alkanes of at least 4 members (excludes halogenated alkanes) is 1. The molecule has 0 heterocycles.